The largest absolute Gasteiger partial charge is 0.494 e. The van der Waals surface area contributed by atoms with Crippen molar-refractivity contribution in [2.75, 3.05) is 24.7 Å². The first-order chi connectivity index (χ1) is 13.5. The van der Waals surface area contributed by atoms with E-state index in [4.69, 9.17) is 10.5 Å². The van der Waals surface area contributed by atoms with Gasteiger partial charge in [-0.3, -0.25) is 0 Å². The molecule has 0 spiro atoms. The Morgan fingerprint density at radius 3 is 2.64 bits per heavy atom. The summed E-state index contributed by atoms with van der Waals surface area (Å²) in [5.74, 6) is 2.05. The standard InChI is InChI=1S/C23H31NO3S/c1-2-28(25,26)14-6-13-27-21-12-11-19-9-10-20(17-24)22(23(19)16-21)15-18-7-4-3-5-8-18/h3-5,7-8,11-12,16,20,22H,2,6,9-10,13-15,17,24H2,1H3/t20-,22+/m0/s1. The Morgan fingerprint density at radius 1 is 1.14 bits per heavy atom. The zero-order valence-electron chi connectivity index (χ0n) is 16.6. The average Bonchev–Trinajstić information content (AvgIpc) is 2.72. The van der Waals surface area contributed by atoms with Gasteiger partial charge in [0.25, 0.3) is 0 Å². The molecule has 28 heavy (non-hydrogen) atoms. The summed E-state index contributed by atoms with van der Waals surface area (Å²) in [6, 6.07) is 16.9. The van der Waals surface area contributed by atoms with Crippen LogP contribution in [0.5, 0.6) is 5.75 Å². The first-order valence-electron chi connectivity index (χ1n) is 10.2. The summed E-state index contributed by atoms with van der Waals surface area (Å²) >= 11 is 0. The fourth-order valence-corrected chi connectivity index (χ4v) is 4.92. The van der Waals surface area contributed by atoms with E-state index in [9.17, 15) is 8.42 Å². The van der Waals surface area contributed by atoms with Crippen LogP contribution in [0.3, 0.4) is 0 Å². The summed E-state index contributed by atoms with van der Waals surface area (Å²) in [4.78, 5) is 0. The van der Waals surface area contributed by atoms with E-state index in [1.165, 1.54) is 16.7 Å². The monoisotopic (exact) mass is 401 g/mol. The van der Waals surface area contributed by atoms with Crippen LogP contribution in [0.15, 0.2) is 48.5 Å². The van der Waals surface area contributed by atoms with Crippen molar-refractivity contribution < 1.29 is 13.2 Å². The molecule has 0 fully saturated rings. The van der Waals surface area contributed by atoms with Crippen molar-refractivity contribution in [1.82, 2.24) is 0 Å². The maximum atomic E-state index is 11.6. The molecule has 0 radical (unpaired) electrons. The minimum absolute atomic E-state index is 0.181. The molecular weight excluding hydrogens is 370 g/mol. The molecule has 0 aromatic heterocycles. The van der Waals surface area contributed by atoms with Gasteiger partial charge in [0.2, 0.25) is 0 Å². The highest BCUT2D eigenvalue weighted by Crippen LogP contribution is 2.39. The van der Waals surface area contributed by atoms with E-state index in [-0.39, 0.29) is 11.5 Å². The number of nitrogens with two attached hydrogens (primary N) is 1. The maximum Gasteiger partial charge on any atom is 0.150 e. The van der Waals surface area contributed by atoms with Crippen LogP contribution in [0.4, 0.5) is 0 Å². The lowest BCUT2D eigenvalue weighted by atomic mass is 9.72. The number of hydrogen-bond donors (Lipinski definition) is 1. The smallest absolute Gasteiger partial charge is 0.150 e. The van der Waals surface area contributed by atoms with E-state index in [1.54, 1.807) is 6.92 Å². The quantitative estimate of drug-likeness (QED) is 0.650. The van der Waals surface area contributed by atoms with Gasteiger partial charge in [0, 0.05) is 5.75 Å². The van der Waals surface area contributed by atoms with Crippen LogP contribution in [0, 0.1) is 5.92 Å². The van der Waals surface area contributed by atoms with E-state index < -0.39 is 9.84 Å². The van der Waals surface area contributed by atoms with Gasteiger partial charge in [-0.05, 0) is 72.9 Å². The van der Waals surface area contributed by atoms with E-state index in [1.807, 2.05) is 12.1 Å². The van der Waals surface area contributed by atoms with Crippen LogP contribution >= 0.6 is 0 Å². The zero-order chi connectivity index (χ0) is 20.0. The third-order valence-corrected chi connectivity index (χ3v) is 7.57. The Bertz CT molecular complexity index is 865. The Labute approximate surface area is 169 Å². The summed E-state index contributed by atoms with van der Waals surface area (Å²) in [6.45, 7) is 2.79. The third kappa shape index (κ3) is 5.36. The predicted octanol–water partition coefficient (Wildman–Crippen LogP) is 3.74. The first kappa shape index (κ1) is 20.9. The van der Waals surface area contributed by atoms with E-state index in [0.29, 0.717) is 31.4 Å². The molecule has 152 valence electrons. The molecule has 0 heterocycles. The van der Waals surface area contributed by atoms with Gasteiger partial charge in [-0.2, -0.15) is 0 Å². The first-order valence-corrected chi connectivity index (χ1v) is 12.0. The molecule has 2 aromatic rings. The van der Waals surface area contributed by atoms with Crippen molar-refractivity contribution in [2.24, 2.45) is 11.7 Å². The number of fused-ring (bicyclic) bond motifs is 1. The van der Waals surface area contributed by atoms with Crippen molar-refractivity contribution in [1.29, 1.82) is 0 Å². The molecule has 1 aliphatic carbocycles. The minimum Gasteiger partial charge on any atom is -0.494 e. The minimum atomic E-state index is -2.94. The Hall–Kier alpha value is -1.85. The summed E-state index contributed by atoms with van der Waals surface area (Å²) in [5, 5.41) is 0. The Balaban J connectivity index is 1.73. The highest BCUT2D eigenvalue weighted by molar-refractivity contribution is 7.91. The van der Waals surface area contributed by atoms with Crippen molar-refractivity contribution >= 4 is 9.84 Å². The van der Waals surface area contributed by atoms with Gasteiger partial charge in [0.1, 0.15) is 15.6 Å². The molecule has 4 nitrogen and oxygen atoms in total. The second-order valence-electron chi connectivity index (χ2n) is 7.63. The molecule has 1 aliphatic rings. The number of rotatable bonds is 9. The molecule has 2 atom stereocenters. The zero-order valence-corrected chi connectivity index (χ0v) is 17.5. The summed E-state index contributed by atoms with van der Waals surface area (Å²) < 4.78 is 29.1. The fourth-order valence-electron chi connectivity index (χ4n) is 4.07. The molecule has 3 rings (SSSR count). The lowest BCUT2D eigenvalue weighted by Gasteiger charge is -2.33. The van der Waals surface area contributed by atoms with Gasteiger partial charge < -0.3 is 10.5 Å². The number of hydrogen-bond acceptors (Lipinski definition) is 4. The molecule has 2 N–H and O–H groups in total. The van der Waals surface area contributed by atoms with Crippen molar-refractivity contribution in [3.63, 3.8) is 0 Å². The van der Waals surface area contributed by atoms with Crippen molar-refractivity contribution in [2.45, 2.75) is 38.5 Å². The third-order valence-electron chi connectivity index (χ3n) is 5.78. The van der Waals surface area contributed by atoms with Crippen LogP contribution in [0.1, 0.15) is 42.4 Å². The number of ether oxygens (including phenoxy) is 1. The van der Waals surface area contributed by atoms with E-state index in [0.717, 1.165) is 25.0 Å². The van der Waals surface area contributed by atoms with Gasteiger partial charge in [0.15, 0.2) is 0 Å². The second kappa shape index (κ2) is 9.57. The lowest BCUT2D eigenvalue weighted by Crippen LogP contribution is -2.28. The van der Waals surface area contributed by atoms with Gasteiger partial charge in [-0.15, -0.1) is 0 Å². The topological polar surface area (TPSA) is 69.4 Å². The predicted molar refractivity (Wildman–Crippen MR) is 115 cm³/mol. The van der Waals surface area contributed by atoms with E-state index >= 15 is 0 Å². The summed E-state index contributed by atoms with van der Waals surface area (Å²) in [5.41, 5.74) is 10.2. The van der Waals surface area contributed by atoms with Crippen LogP contribution in [-0.2, 0) is 22.7 Å². The second-order valence-corrected chi connectivity index (χ2v) is 10.1. The number of benzene rings is 2. The van der Waals surface area contributed by atoms with Crippen molar-refractivity contribution in [3.8, 4) is 5.75 Å². The lowest BCUT2D eigenvalue weighted by molar-refractivity contribution is 0.314. The highest BCUT2D eigenvalue weighted by Gasteiger charge is 2.29. The highest BCUT2D eigenvalue weighted by atomic mass is 32.2. The molecular formula is C23H31NO3S. The Kier molecular flexibility index (Phi) is 7.13. The fraction of sp³-hybridized carbons (Fsp3) is 0.478. The van der Waals surface area contributed by atoms with Gasteiger partial charge in [0.05, 0.1) is 12.4 Å². The summed E-state index contributed by atoms with van der Waals surface area (Å²) in [7, 11) is -2.94. The molecule has 0 aliphatic heterocycles. The van der Waals surface area contributed by atoms with Gasteiger partial charge in [-0.25, -0.2) is 8.42 Å². The van der Waals surface area contributed by atoms with Crippen LogP contribution in [-0.4, -0.2) is 33.1 Å². The maximum absolute atomic E-state index is 11.6. The molecule has 0 amide bonds. The van der Waals surface area contributed by atoms with Gasteiger partial charge in [-0.1, -0.05) is 43.3 Å². The molecule has 0 bridgehead atoms. The normalized spacial score (nSPS) is 19.2. The van der Waals surface area contributed by atoms with Crippen LogP contribution in [0.2, 0.25) is 0 Å². The Morgan fingerprint density at radius 2 is 1.93 bits per heavy atom. The van der Waals surface area contributed by atoms with Crippen LogP contribution < -0.4 is 10.5 Å². The molecule has 0 saturated carbocycles. The van der Waals surface area contributed by atoms with Crippen LogP contribution in [0.25, 0.3) is 0 Å². The average molecular weight is 402 g/mol. The molecule has 2 aromatic carbocycles. The molecule has 5 heteroatoms. The van der Waals surface area contributed by atoms with E-state index in [2.05, 4.69) is 36.4 Å². The van der Waals surface area contributed by atoms with Crippen molar-refractivity contribution in [3.05, 3.63) is 65.2 Å². The SMILES string of the molecule is CCS(=O)(=O)CCCOc1ccc2c(c1)[C@H](Cc1ccccc1)[C@H](CN)CC2. The number of sulfone groups is 1. The number of aryl methyl sites for hydroxylation is 1. The van der Waals surface area contributed by atoms with Gasteiger partial charge >= 0.3 is 0 Å². The molecule has 0 unspecified atom stereocenters. The molecule has 0 saturated heterocycles. The summed E-state index contributed by atoms with van der Waals surface area (Å²) in [6.07, 6.45) is 3.67.